The molecular formula is C12H16N2O3S. The van der Waals surface area contributed by atoms with Crippen molar-refractivity contribution >= 4 is 23.3 Å². The number of carbonyl (C=O) groups is 2. The average Bonchev–Trinajstić information content (AvgIpc) is 2.66. The molecule has 3 N–H and O–H groups in total. The fourth-order valence-electron chi connectivity index (χ4n) is 1.93. The topological polar surface area (TPSA) is 78.4 Å². The molecule has 0 saturated heterocycles. The summed E-state index contributed by atoms with van der Waals surface area (Å²) in [6, 6.07) is 3.53. The highest BCUT2D eigenvalue weighted by Gasteiger charge is 2.45. The molecule has 1 aliphatic carbocycles. The lowest BCUT2D eigenvalue weighted by Gasteiger charge is -2.38. The lowest BCUT2D eigenvalue weighted by Crippen LogP contribution is -2.61. The first-order valence-corrected chi connectivity index (χ1v) is 6.68. The van der Waals surface area contributed by atoms with Crippen LogP contribution in [0.4, 0.5) is 4.79 Å². The number of aryl methyl sites for hydroxylation is 1. The Morgan fingerprint density at radius 1 is 1.44 bits per heavy atom. The molecule has 0 aromatic carbocycles. The van der Waals surface area contributed by atoms with Crippen LogP contribution in [-0.4, -0.2) is 22.6 Å². The predicted molar refractivity (Wildman–Crippen MR) is 68.6 cm³/mol. The van der Waals surface area contributed by atoms with E-state index in [4.69, 9.17) is 5.11 Å². The summed E-state index contributed by atoms with van der Waals surface area (Å²) in [7, 11) is 0. The Bertz CT molecular complexity index is 466. The number of urea groups is 1. The van der Waals surface area contributed by atoms with E-state index in [2.05, 4.69) is 10.6 Å². The van der Waals surface area contributed by atoms with Crippen LogP contribution >= 0.6 is 11.3 Å². The number of hydrogen-bond donors (Lipinski definition) is 3. The molecule has 6 heteroatoms. The molecule has 5 nitrogen and oxygen atoms in total. The van der Waals surface area contributed by atoms with Gasteiger partial charge in [-0.05, 0) is 38.3 Å². The first-order valence-electron chi connectivity index (χ1n) is 5.87. The van der Waals surface area contributed by atoms with Crippen molar-refractivity contribution in [1.29, 1.82) is 0 Å². The molecule has 1 heterocycles. The number of rotatable bonds is 4. The summed E-state index contributed by atoms with van der Waals surface area (Å²) < 4.78 is 0. The van der Waals surface area contributed by atoms with Gasteiger partial charge in [-0.3, -0.25) is 0 Å². The molecule has 0 radical (unpaired) electrons. The van der Waals surface area contributed by atoms with Crippen molar-refractivity contribution in [3.8, 4) is 0 Å². The number of hydrogen-bond acceptors (Lipinski definition) is 3. The van der Waals surface area contributed by atoms with Crippen molar-refractivity contribution in [2.45, 2.75) is 38.3 Å². The lowest BCUT2D eigenvalue weighted by atomic mass is 9.77. The Balaban J connectivity index is 1.83. The molecular weight excluding hydrogens is 252 g/mol. The van der Waals surface area contributed by atoms with Crippen molar-refractivity contribution in [2.24, 2.45) is 0 Å². The quantitative estimate of drug-likeness (QED) is 0.780. The van der Waals surface area contributed by atoms with Gasteiger partial charge in [0.05, 0.1) is 6.54 Å². The van der Waals surface area contributed by atoms with Crippen LogP contribution in [0.2, 0.25) is 0 Å². The Kier molecular flexibility index (Phi) is 3.56. The number of aliphatic carboxylic acids is 1. The third-order valence-electron chi connectivity index (χ3n) is 3.19. The van der Waals surface area contributed by atoms with E-state index in [0.717, 1.165) is 11.3 Å². The molecule has 1 fully saturated rings. The summed E-state index contributed by atoms with van der Waals surface area (Å²) in [6.45, 7) is 2.43. The molecule has 1 aliphatic rings. The fourth-order valence-corrected chi connectivity index (χ4v) is 2.76. The summed E-state index contributed by atoms with van der Waals surface area (Å²) >= 11 is 1.61. The fraction of sp³-hybridized carbons (Fsp3) is 0.500. The number of nitrogens with one attached hydrogen (secondary N) is 2. The molecule has 0 bridgehead atoms. The highest BCUT2D eigenvalue weighted by Crippen LogP contribution is 2.31. The van der Waals surface area contributed by atoms with E-state index in [1.807, 2.05) is 19.1 Å². The molecule has 1 saturated carbocycles. The van der Waals surface area contributed by atoms with Gasteiger partial charge in [-0.25, -0.2) is 9.59 Å². The standard InChI is InChI=1S/C12H16N2O3S/c1-8-3-4-9(18-8)7-13-11(17)14-12(10(15)16)5-2-6-12/h3-4H,2,5-7H2,1H3,(H,15,16)(H2,13,14,17). The van der Waals surface area contributed by atoms with E-state index in [1.165, 1.54) is 4.88 Å². The van der Waals surface area contributed by atoms with E-state index in [0.29, 0.717) is 19.4 Å². The largest absolute Gasteiger partial charge is 0.480 e. The molecule has 0 spiro atoms. The summed E-state index contributed by atoms with van der Waals surface area (Å²) in [6.07, 6.45) is 1.86. The molecule has 2 amide bonds. The zero-order valence-electron chi connectivity index (χ0n) is 10.2. The third kappa shape index (κ3) is 2.64. The Labute approximate surface area is 109 Å². The van der Waals surface area contributed by atoms with Gasteiger partial charge in [0.25, 0.3) is 0 Å². The molecule has 18 heavy (non-hydrogen) atoms. The summed E-state index contributed by atoms with van der Waals surface area (Å²) in [5.74, 6) is -0.948. The van der Waals surface area contributed by atoms with Crippen LogP contribution in [0.1, 0.15) is 29.0 Å². The number of carbonyl (C=O) groups excluding carboxylic acids is 1. The van der Waals surface area contributed by atoms with Gasteiger partial charge in [0.15, 0.2) is 0 Å². The van der Waals surface area contributed by atoms with Gasteiger partial charge in [-0.1, -0.05) is 0 Å². The van der Waals surface area contributed by atoms with Crippen LogP contribution in [0.3, 0.4) is 0 Å². The number of carboxylic acids is 1. The summed E-state index contributed by atoms with van der Waals surface area (Å²) in [5.41, 5.74) is -1.05. The molecule has 0 unspecified atom stereocenters. The van der Waals surface area contributed by atoms with Crippen molar-refractivity contribution in [3.05, 3.63) is 21.9 Å². The second-order valence-corrected chi connectivity index (χ2v) is 5.93. The Hall–Kier alpha value is -1.56. The Morgan fingerprint density at radius 2 is 2.17 bits per heavy atom. The minimum Gasteiger partial charge on any atom is -0.480 e. The van der Waals surface area contributed by atoms with Gasteiger partial charge in [-0.2, -0.15) is 0 Å². The zero-order valence-corrected chi connectivity index (χ0v) is 11.0. The number of amides is 2. The maximum atomic E-state index is 11.7. The second kappa shape index (κ2) is 4.97. The highest BCUT2D eigenvalue weighted by atomic mass is 32.1. The van der Waals surface area contributed by atoms with Crippen LogP contribution in [0, 0.1) is 6.92 Å². The maximum absolute atomic E-state index is 11.7. The molecule has 0 atom stereocenters. The SMILES string of the molecule is Cc1ccc(CNC(=O)NC2(C(=O)O)CCC2)s1. The minimum absolute atomic E-state index is 0.414. The first-order chi connectivity index (χ1) is 8.52. The number of thiophene rings is 1. The molecule has 98 valence electrons. The van der Waals surface area contributed by atoms with Gasteiger partial charge >= 0.3 is 12.0 Å². The molecule has 1 aromatic heterocycles. The minimum atomic E-state index is -1.05. The van der Waals surface area contributed by atoms with Crippen molar-refractivity contribution in [1.82, 2.24) is 10.6 Å². The van der Waals surface area contributed by atoms with Gasteiger partial charge < -0.3 is 15.7 Å². The van der Waals surface area contributed by atoms with Crippen LogP contribution in [0.25, 0.3) is 0 Å². The third-order valence-corrected chi connectivity index (χ3v) is 4.19. The van der Waals surface area contributed by atoms with Crippen molar-refractivity contribution in [3.63, 3.8) is 0 Å². The molecule has 1 aromatic rings. The predicted octanol–water partition coefficient (Wildman–Crippen LogP) is 1.86. The van der Waals surface area contributed by atoms with Crippen LogP contribution in [-0.2, 0) is 11.3 Å². The molecule has 0 aliphatic heterocycles. The van der Waals surface area contributed by atoms with E-state index < -0.39 is 17.5 Å². The normalized spacial score (nSPS) is 16.7. The van der Waals surface area contributed by atoms with Crippen LogP contribution in [0.15, 0.2) is 12.1 Å². The summed E-state index contributed by atoms with van der Waals surface area (Å²) in [5, 5.41) is 14.3. The number of carboxylic acid groups (broad SMARTS) is 1. The van der Waals surface area contributed by atoms with Gasteiger partial charge in [-0.15, -0.1) is 11.3 Å². The first kappa shape index (κ1) is 12.9. The van der Waals surface area contributed by atoms with E-state index in [1.54, 1.807) is 11.3 Å². The maximum Gasteiger partial charge on any atom is 0.329 e. The highest BCUT2D eigenvalue weighted by molar-refractivity contribution is 7.11. The van der Waals surface area contributed by atoms with Crippen LogP contribution in [0.5, 0.6) is 0 Å². The van der Waals surface area contributed by atoms with E-state index in [9.17, 15) is 9.59 Å². The molecule has 2 rings (SSSR count). The van der Waals surface area contributed by atoms with Gasteiger partial charge in [0.2, 0.25) is 0 Å². The zero-order chi connectivity index (χ0) is 13.2. The Morgan fingerprint density at radius 3 is 2.61 bits per heavy atom. The summed E-state index contributed by atoms with van der Waals surface area (Å²) in [4.78, 5) is 25.0. The van der Waals surface area contributed by atoms with Crippen molar-refractivity contribution in [2.75, 3.05) is 0 Å². The second-order valence-electron chi connectivity index (χ2n) is 4.56. The van der Waals surface area contributed by atoms with Crippen LogP contribution < -0.4 is 10.6 Å². The van der Waals surface area contributed by atoms with E-state index >= 15 is 0 Å². The van der Waals surface area contributed by atoms with Gasteiger partial charge in [0.1, 0.15) is 5.54 Å². The van der Waals surface area contributed by atoms with Gasteiger partial charge in [0, 0.05) is 9.75 Å². The average molecular weight is 268 g/mol. The smallest absolute Gasteiger partial charge is 0.329 e. The monoisotopic (exact) mass is 268 g/mol. The lowest BCUT2D eigenvalue weighted by molar-refractivity contribution is -0.148. The van der Waals surface area contributed by atoms with E-state index in [-0.39, 0.29) is 0 Å². The van der Waals surface area contributed by atoms with Crippen molar-refractivity contribution < 1.29 is 14.7 Å².